The van der Waals surface area contributed by atoms with E-state index in [0.717, 1.165) is 18.5 Å². The molecule has 0 spiro atoms. The molecule has 1 fully saturated rings. The number of aromatic amines is 1. The second kappa shape index (κ2) is 7.23. The van der Waals surface area contributed by atoms with Gasteiger partial charge in [-0.1, -0.05) is 12.1 Å². The maximum atomic E-state index is 12.7. The van der Waals surface area contributed by atoms with Gasteiger partial charge in [-0.05, 0) is 12.1 Å². The van der Waals surface area contributed by atoms with Gasteiger partial charge in [0, 0.05) is 42.8 Å². The van der Waals surface area contributed by atoms with Crippen molar-refractivity contribution < 1.29 is 14.3 Å². The Balaban J connectivity index is 1.54. The summed E-state index contributed by atoms with van der Waals surface area (Å²) in [7, 11) is 0. The fraction of sp³-hybridized carbons (Fsp3) is 0.316. The van der Waals surface area contributed by atoms with Gasteiger partial charge in [0.1, 0.15) is 12.2 Å². The molecule has 2 aromatic heterocycles. The number of carbonyl (C=O) groups excluding carboxylic acids is 1. The summed E-state index contributed by atoms with van der Waals surface area (Å²) in [6.07, 6.45) is 3.09. The van der Waals surface area contributed by atoms with Crippen molar-refractivity contribution in [2.75, 3.05) is 39.5 Å². The van der Waals surface area contributed by atoms with E-state index in [9.17, 15) is 9.59 Å². The number of pyridine rings is 2. The first-order chi connectivity index (χ1) is 12.7. The molecule has 0 bridgehead atoms. The topological polar surface area (TPSA) is 84.5 Å². The molecule has 1 saturated heterocycles. The molecule has 134 valence electrons. The monoisotopic (exact) mass is 353 g/mol. The quantitative estimate of drug-likeness (QED) is 0.566. The predicted molar refractivity (Wildman–Crippen MR) is 97.4 cm³/mol. The number of morpholine rings is 1. The molecule has 26 heavy (non-hydrogen) atoms. The van der Waals surface area contributed by atoms with E-state index in [-0.39, 0.29) is 17.6 Å². The van der Waals surface area contributed by atoms with E-state index in [4.69, 9.17) is 9.47 Å². The first-order valence-electron chi connectivity index (χ1n) is 8.60. The number of esters is 1. The summed E-state index contributed by atoms with van der Waals surface area (Å²) >= 11 is 0. The van der Waals surface area contributed by atoms with E-state index in [1.165, 1.54) is 6.20 Å². The first-order valence-corrected chi connectivity index (χ1v) is 8.60. The van der Waals surface area contributed by atoms with Gasteiger partial charge in [-0.25, -0.2) is 4.79 Å². The zero-order valence-corrected chi connectivity index (χ0v) is 14.2. The van der Waals surface area contributed by atoms with E-state index in [1.54, 1.807) is 12.3 Å². The van der Waals surface area contributed by atoms with Crippen LogP contribution in [0.4, 0.5) is 0 Å². The Kier molecular flexibility index (Phi) is 4.64. The Morgan fingerprint density at radius 1 is 1.27 bits per heavy atom. The van der Waals surface area contributed by atoms with E-state index < -0.39 is 5.97 Å². The average molecular weight is 353 g/mol. The maximum absolute atomic E-state index is 12.7. The molecule has 1 aromatic carbocycles. The molecule has 3 aromatic rings. The van der Waals surface area contributed by atoms with Gasteiger partial charge < -0.3 is 14.5 Å². The van der Waals surface area contributed by atoms with Crippen LogP contribution < -0.4 is 5.43 Å². The van der Waals surface area contributed by atoms with E-state index in [1.807, 2.05) is 18.2 Å². The Hall–Kier alpha value is -2.77. The van der Waals surface area contributed by atoms with Crippen LogP contribution in [-0.2, 0) is 9.47 Å². The molecule has 0 atom stereocenters. The maximum Gasteiger partial charge on any atom is 0.343 e. The fourth-order valence-electron chi connectivity index (χ4n) is 3.16. The summed E-state index contributed by atoms with van der Waals surface area (Å²) < 4.78 is 10.6. The van der Waals surface area contributed by atoms with Crippen molar-refractivity contribution in [1.82, 2.24) is 14.9 Å². The summed E-state index contributed by atoms with van der Waals surface area (Å²) in [4.78, 5) is 34.5. The van der Waals surface area contributed by atoms with Gasteiger partial charge in [0.25, 0.3) is 0 Å². The van der Waals surface area contributed by atoms with Gasteiger partial charge in [0.2, 0.25) is 5.43 Å². The normalized spacial score (nSPS) is 15.4. The van der Waals surface area contributed by atoms with Crippen LogP contribution in [0.1, 0.15) is 10.4 Å². The lowest BCUT2D eigenvalue weighted by Gasteiger charge is -2.26. The highest BCUT2D eigenvalue weighted by atomic mass is 16.5. The van der Waals surface area contributed by atoms with Gasteiger partial charge >= 0.3 is 5.97 Å². The number of nitrogens with zero attached hydrogens (tertiary/aromatic N) is 2. The summed E-state index contributed by atoms with van der Waals surface area (Å²) in [6.45, 7) is 3.92. The van der Waals surface area contributed by atoms with Crippen molar-refractivity contribution in [2.45, 2.75) is 0 Å². The molecule has 1 aliphatic rings. The molecular weight excluding hydrogens is 334 g/mol. The molecule has 0 saturated carbocycles. The molecule has 0 radical (unpaired) electrons. The summed E-state index contributed by atoms with van der Waals surface area (Å²) in [5, 5.41) is 1.36. The third-order valence-corrected chi connectivity index (χ3v) is 4.59. The molecule has 0 unspecified atom stereocenters. The fourth-order valence-corrected chi connectivity index (χ4v) is 3.16. The van der Waals surface area contributed by atoms with Crippen LogP contribution in [0.5, 0.6) is 0 Å². The van der Waals surface area contributed by atoms with Crippen LogP contribution in [0.25, 0.3) is 21.8 Å². The van der Waals surface area contributed by atoms with Crippen LogP contribution in [0.2, 0.25) is 0 Å². The van der Waals surface area contributed by atoms with Crippen molar-refractivity contribution in [2.24, 2.45) is 0 Å². The smallest absolute Gasteiger partial charge is 0.343 e. The van der Waals surface area contributed by atoms with Crippen LogP contribution >= 0.6 is 0 Å². The lowest BCUT2D eigenvalue weighted by molar-refractivity contribution is 0.0195. The van der Waals surface area contributed by atoms with E-state index in [2.05, 4.69) is 14.9 Å². The predicted octanol–water partition coefficient (Wildman–Crippen LogP) is 1.57. The lowest BCUT2D eigenvalue weighted by atomic mass is 10.1. The molecule has 3 heterocycles. The third-order valence-electron chi connectivity index (χ3n) is 4.59. The van der Waals surface area contributed by atoms with Crippen molar-refractivity contribution >= 4 is 27.8 Å². The van der Waals surface area contributed by atoms with Crippen LogP contribution in [0.15, 0.2) is 41.5 Å². The average Bonchev–Trinajstić information content (AvgIpc) is 2.69. The highest BCUT2D eigenvalue weighted by molar-refractivity contribution is 6.04. The molecule has 1 aliphatic heterocycles. The molecule has 1 N–H and O–H groups in total. The van der Waals surface area contributed by atoms with Gasteiger partial charge in [-0.2, -0.15) is 0 Å². The molecule has 0 aliphatic carbocycles. The summed E-state index contributed by atoms with van der Waals surface area (Å²) in [6, 6.07) is 7.30. The number of fused-ring (bicyclic) bond motifs is 3. The zero-order chi connectivity index (χ0) is 17.9. The molecular formula is C19H19N3O4. The van der Waals surface area contributed by atoms with Gasteiger partial charge in [0.15, 0.2) is 0 Å². The Bertz CT molecular complexity index is 1010. The Labute approximate surface area is 149 Å². The van der Waals surface area contributed by atoms with Crippen LogP contribution in [0, 0.1) is 0 Å². The van der Waals surface area contributed by atoms with Crippen molar-refractivity contribution in [1.29, 1.82) is 0 Å². The van der Waals surface area contributed by atoms with Gasteiger partial charge in [-0.15, -0.1) is 0 Å². The number of ether oxygens (including phenoxy) is 2. The van der Waals surface area contributed by atoms with E-state index >= 15 is 0 Å². The Morgan fingerprint density at radius 2 is 2.12 bits per heavy atom. The van der Waals surface area contributed by atoms with Crippen LogP contribution in [-0.4, -0.2) is 60.3 Å². The number of H-pyrrole nitrogens is 1. The van der Waals surface area contributed by atoms with Crippen molar-refractivity contribution in [3.8, 4) is 0 Å². The minimum absolute atomic E-state index is 0.00904. The molecule has 0 amide bonds. The summed E-state index contributed by atoms with van der Waals surface area (Å²) in [5.74, 6) is -0.609. The minimum Gasteiger partial charge on any atom is -0.461 e. The number of hydrogen-bond acceptors (Lipinski definition) is 6. The summed E-state index contributed by atoms with van der Waals surface area (Å²) in [5.41, 5.74) is 0.990. The first kappa shape index (κ1) is 16.7. The SMILES string of the molecule is O=C(OCCN1CCOCC1)c1c[nH]c2c(ccc3cccnc32)c1=O. The van der Waals surface area contributed by atoms with Crippen LogP contribution in [0.3, 0.4) is 0 Å². The van der Waals surface area contributed by atoms with Crippen molar-refractivity contribution in [3.63, 3.8) is 0 Å². The number of carbonyl (C=O) groups is 1. The molecule has 4 rings (SSSR count). The highest BCUT2D eigenvalue weighted by Crippen LogP contribution is 2.19. The molecule has 7 heteroatoms. The standard InChI is InChI=1S/C19H19N3O4/c23-18-14-4-3-13-2-1-5-20-16(13)17(14)21-12-15(18)19(24)26-11-8-22-6-9-25-10-7-22/h1-5,12H,6-11H2,(H,21,23). The van der Waals surface area contributed by atoms with E-state index in [0.29, 0.717) is 36.2 Å². The van der Waals surface area contributed by atoms with Gasteiger partial charge in [-0.3, -0.25) is 14.7 Å². The lowest BCUT2D eigenvalue weighted by Crippen LogP contribution is -2.38. The van der Waals surface area contributed by atoms with Crippen molar-refractivity contribution in [3.05, 3.63) is 52.4 Å². The largest absolute Gasteiger partial charge is 0.461 e. The second-order valence-electron chi connectivity index (χ2n) is 6.18. The van der Waals surface area contributed by atoms with Gasteiger partial charge in [0.05, 0.1) is 24.2 Å². The number of hydrogen-bond donors (Lipinski definition) is 1. The number of aromatic nitrogens is 2. The Morgan fingerprint density at radius 3 is 2.96 bits per heavy atom. The highest BCUT2D eigenvalue weighted by Gasteiger charge is 2.17. The molecule has 7 nitrogen and oxygen atoms in total. The third kappa shape index (κ3) is 3.18. The number of benzene rings is 1. The number of nitrogens with one attached hydrogen (secondary N) is 1. The zero-order valence-electron chi connectivity index (χ0n) is 14.2. The number of rotatable bonds is 4. The minimum atomic E-state index is -0.609. The second-order valence-corrected chi connectivity index (χ2v) is 6.18.